The van der Waals surface area contributed by atoms with Gasteiger partial charge in [0.05, 0.1) is 18.1 Å². The van der Waals surface area contributed by atoms with Crippen molar-refractivity contribution in [3.63, 3.8) is 0 Å². The van der Waals surface area contributed by atoms with Gasteiger partial charge < -0.3 is 10.1 Å². The number of amides is 1. The van der Waals surface area contributed by atoms with Crippen molar-refractivity contribution in [2.24, 2.45) is 0 Å². The molecule has 1 aliphatic heterocycles. The SMILES string of the molecule is CCC[C@@H](C)NC(=O)c1ccc(C)c(S(=O)(=O)N2CCOCC2)c1. The fraction of sp³-hybridized carbons (Fsp3) is 0.588. The lowest BCUT2D eigenvalue weighted by Crippen LogP contribution is -2.41. The summed E-state index contributed by atoms with van der Waals surface area (Å²) in [6.07, 6.45) is 1.86. The van der Waals surface area contributed by atoms with Crippen molar-refractivity contribution in [3.8, 4) is 0 Å². The van der Waals surface area contributed by atoms with Crippen molar-refractivity contribution in [2.75, 3.05) is 26.3 Å². The van der Waals surface area contributed by atoms with Crippen LogP contribution in [0.25, 0.3) is 0 Å². The van der Waals surface area contributed by atoms with E-state index in [2.05, 4.69) is 12.2 Å². The zero-order valence-corrected chi connectivity index (χ0v) is 15.4. The third-order valence-electron chi connectivity index (χ3n) is 4.14. The Morgan fingerprint density at radius 1 is 1.33 bits per heavy atom. The van der Waals surface area contributed by atoms with E-state index in [0.717, 1.165) is 12.8 Å². The molecule has 1 fully saturated rings. The second-order valence-electron chi connectivity index (χ2n) is 6.16. The highest BCUT2D eigenvalue weighted by Crippen LogP contribution is 2.22. The lowest BCUT2D eigenvalue weighted by molar-refractivity contribution is 0.0730. The first-order chi connectivity index (χ1) is 11.4. The number of rotatable bonds is 6. The predicted octanol–water partition coefficient (Wildman–Crippen LogP) is 1.93. The van der Waals surface area contributed by atoms with E-state index in [-0.39, 0.29) is 16.8 Å². The van der Waals surface area contributed by atoms with Crippen molar-refractivity contribution in [3.05, 3.63) is 29.3 Å². The number of hydrogen-bond donors (Lipinski definition) is 1. The maximum Gasteiger partial charge on any atom is 0.251 e. The van der Waals surface area contributed by atoms with Crippen LogP contribution in [-0.4, -0.2) is 51.0 Å². The van der Waals surface area contributed by atoms with Crippen LogP contribution in [-0.2, 0) is 14.8 Å². The summed E-state index contributed by atoms with van der Waals surface area (Å²) < 4.78 is 32.3. The number of nitrogens with one attached hydrogen (secondary N) is 1. The van der Waals surface area contributed by atoms with Crippen LogP contribution in [0.4, 0.5) is 0 Å². The van der Waals surface area contributed by atoms with Crippen molar-refractivity contribution in [2.45, 2.75) is 44.6 Å². The monoisotopic (exact) mass is 354 g/mol. The minimum Gasteiger partial charge on any atom is -0.379 e. The van der Waals surface area contributed by atoms with E-state index in [1.165, 1.54) is 10.4 Å². The number of morpholine rings is 1. The fourth-order valence-electron chi connectivity index (χ4n) is 2.76. The smallest absolute Gasteiger partial charge is 0.251 e. The van der Waals surface area contributed by atoms with E-state index in [1.54, 1.807) is 19.1 Å². The zero-order chi connectivity index (χ0) is 17.7. The Kier molecular flexibility index (Phi) is 6.37. The standard InChI is InChI=1S/C17H26N2O4S/c1-4-5-14(3)18-17(20)15-7-6-13(2)16(12-15)24(21,22)19-8-10-23-11-9-19/h6-7,12,14H,4-5,8-11H2,1-3H3,(H,18,20)/t14-/m1/s1. The third-order valence-corrected chi connectivity index (χ3v) is 6.18. The molecule has 2 rings (SSSR count). The molecule has 0 spiro atoms. The molecule has 1 amide bonds. The molecule has 1 heterocycles. The summed E-state index contributed by atoms with van der Waals surface area (Å²) in [5.41, 5.74) is 1.01. The Morgan fingerprint density at radius 3 is 2.62 bits per heavy atom. The lowest BCUT2D eigenvalue weighted by Gasteiger charge is -2.26. The van der Waals surface area contributed by atoms with Crippen LogP contribution in [0.15, 0.2) is 23.1 Å². The molecular weight excluding hydrogens is 328 g/mol. The first kappa shape index (κ1) is 18.9. The Hall–Kier alpha value is -1.44. The van der Waals surface area contributed by atoms with Crippen LogP contribution in [0.3, 0.4) is 0 Å². The van der Waals surface area contributed by atoms with Gasteiger partial charge in [0, 0.05) is 24.7 Å². The number of carbonyl (C=O) groups excluding carboxylic acids is 1. The molecule has 1 atom stereocenters. The maximum absolute atomic E-state index is 12.8. The van der Waals surface area contributed by atoms with Crippen LogP contribution in [0.5, 0.6) is 0 Å². The van der Waals surface area contributed by atoms with Gasteiger partial charge in [0.15, 0.2) is 0 Å². The summed E-state index contributed by atoms with van der Waals surface area (Å²) in [6.45, 7) is 7.22. The molecule has 1 saturated heterocycles. The van der Waals surface area contributed by atoms with Crippen molar-refractivity contribution >= 4 is 15.9 Å². The van der Waals surface area contributed by atoms with Gasteiger partial charge in [-0.2, -0.15) is 4.31 Å². The number of sulfonamides is 1. The first-order valence-electron chi connectivity index (χ1n) is 8.35. The number of hydrogen-bond acceptors (Lipinski definition) is 4. The van der Waals surface area contributed by atoms with Gasteiger partial charge in [-0.3, -0.25) is 4.79 Å². The van der Waals surface area contributed by atoms with Crippen LogP contribution >= 0.6 is 0 Å². The van der Waals surface area contributed by atoms with E-state index < -0.39 is 10.0 Å². The molecule has 0 unspecified atom stereocenters. The molecule has 0 radical (unpaired) electrons. The van der Waals surface area contributed by atoms with Gasteiger partial charge in [-0.25, -0.2) is 8.42 Å². The molecule has 1 N–H and O–H groups in total. The molecule has 134 valence electrons. The van der Waals surface area contributed by atoms with Gasteiger partial charge in [0.2, 0.25) is 10.0 Å². The molecule has 24 heavy (non-hydrogen) atoms. The second kappa shape index (κ2) is 8.09. The minimum atomic E-state index is -3.61. The molecule has 0 aromatic heterocycles. The van der Waals surface area contributed by atoms with Crippen molar-refractivity contribution < 1.29 is 17.9 Å². The largest absolute Gasteiger partial charge is 0.379 e. The van der Waals surface area contributed by atoms with Gasteiger partial charge in [-0.15, -0.1) is 0 Å². The Labute approximate surface area is 144 Å². The maximum atomic E-state index is 12.8. The summed E-state index contributed by atoms with van der Waals surface area (Å²) in [6, 6.07) is 4.89. The summed E-state index contributed by atoms with van der Waals surface area (Å²) >= 11 is 0. The average molecular weight is 354 g/mol. The Bertz CT molecular complexity index is 682. The molecule has 1 aliphatic rings. The quantitative estimate of drug-likeness (QED) is 0.847. The van der Waals surface area contributed by atoms with Gasteiger partial charge in [0.25, 0.3) is 5.91 Å². The van der Waals surface area contributed by atoms with Crippen LogP contribution in [0.2, 0.25) is 0 Å². The highest BCUT2D eigenvalue weighted by molar-refractivity contribution is 7.89. The molecule has 0 aliphatic carbocycles. The van der Waals surface area contributed by atoms with E-state index in [4.69, 9.17) is 4.74 Å². The first-order valence-corrected chi connectivity index (χ1v) is 9.79. The molecule has 1 aromatic rings. The normalized spacial score (nSPS) is 17.5. The third kappa shape index (κ3) is 4.34. The zero-order valence-electron chi connectivity index (χ0n) is 14.5. The van der Waals surface area contributed by atoms with E-state index in [9.17, 15) is 13.2 Å². The van der Waals surface area contributed by atoms with Crippen molar-refractivity contribution in [1.29, 1.82) is 0 Å². The minimum absolute atomic E-state index is 0.0584. The van der Waals surface area contributed by atoms with E-state index >= 15 is 0 Å². The molecule has 0 saturated carbocycles. The second-order valence-corrected chi connectivity index (χ2v) is 8.07. The van der Waals surface area contributed by atoms with Gasteiger partial charge in [0.1, 0.15) is 0 Å². The number of nitrogens with zero attached hydrogens (tertiary/aromatic N) is 1. The summed E-state index contributed by atoms with van der Waals surface area (Å²) in [7, 11) is -3.61. The topological polar surface area (TPSA) is 75.7 Å². The molecule has 1 aromatic carbocycles. The highest BCUT2D eigenvalue weighted by Gasteiger charge is 2.28. The van der Waals surface area contributed by atoms with Gasteiger partial charge in [-0.1, -0.05) is 19.4 Å². The lowest BCUT2D eigenvalue weighted by atomic mass is 10.1. The average Bonchev–Trinajstić information content (AvgIpc) is 2.56. The molecular formula is C17H26N2O4S. The molecule has 7 heteroatoms. The van der Waals surface area contributed by atoms with Gasteiger partial charge in [-0.05, 0) is 38.0 Å². The van der Waals surface area contributed by atoms with E-state index in [0.29, 0.717) is 37.4 Å². The van der Waals surface area contributed by atoms with Crippen molar-refractivity contribution in [1.82, 2.24) is 9.62 Å². The summed E-state index contributed by atoms with van der Waals surface area (Å²) in [5.74, 6) is -0.241. The van der Waals surface area contributed by atoms with E-state index in [1.807, 2.05) is 6.92 Å². The molecule has 0 bridgehead atoms. The number of ether oxygens (including phenoxy) is 1. The van der Waals surface area contributed by atoms with Crippen LogP contribution < -0.4 is 5.32 Å². The van der Waals surface area contributed by atoms with Crippen LogP contribution in [0, 0.1) is 6.92 Å². The van der Waals surface area contributed by atoms with Crippen LogP contribution in [0.1, 0.15) is 42.6 Å². The number of aryl methyl sites for hydroxylation is 1. The number of carbonyl (C=O) groups is 1. The molecule has 6 nitrogen and oxygen atoms in total. The number of benzene rings is 1. The summed E-state index contributed by atoms with van der Waals surface area (Å²) in [4.78, 5) is 12.6. The summed E-state index contributed by atoms with van der Waals surface area (Å²) in [5, 5.41) is 2.91. The highest BCUT2D eigenvalue weighted by atomic mass is 32.2. The Morgan fingerprint density at radius 2 is 2.00 bits per heavy atom. The fourth-order valence-corrected chi connectivity index (χ4v) is 4.42. The predicted molar refractivity (Wildman–Crippen MR) is 92.6 cm³/mol. The Balaban J connectivity index is 2.26. The van der Waals surface area contributed by atoms with Gasteiger partial charge >= 0.3 is 0 Å².